The van der Waals surface area contributed by atoms with E-state index in [2.05, 4.69) is 19.2 Å². The normalized spacial score (nSPS) is 24.2. The zero-order valence-electron chi connectivity index (χ0n) is 10.4. The molecule has 2 rings (SSSR count). The van der Waals surface area contributed by atoms with Crippen molar-refractivity contribution in [2.75, 3.05) is 13.7 Å². The van der Waals surface area contributed by atoms with Crippen LogP contribution in [0.3, 0.4) is 0 Å². The third-order valence-electron chi connectivity index (χ3n) is 4.11. The summed E-state index contributed by atoms with van der Waals surface area (Å²) < 4.78 is 5.48. The monoisotopic (exact) mass is 211 g/mol. The Morgan fingerprint density at radius 2 is 2.00 bits per heavy atom. The van der Waals surface area contributed by atoms with Crippen molar-refractivity contribution in [2.45, 2.75) is 64.0 Å². The lowest BCUT2D eigenvalue weighted by Crippen LogP contribution is -2.29. The fourth-order valence-corrected chi connectivity index (χ4v) is 2.01. The molecule has 2 fully saturated rings. The van der Waals surface area contributed by atoms with Gasteiger partial charge in [0.1, 0.15) is 0 Å². The molecule has 0 saturated heterocycles. The lowest BCUT2D eigenvalue weighted by molar-refractivity contribution is 0.00924. The summed E-state index contributed by atoms with van der Waals surface area (Å²) in [5, 5.41) is 3.67. The van der Waals surface area contributed by atoms with E-state index in [0.717, 1.165) is 6.04 Å². The lowest BCUT2D eigenvalue weighted by Gasteiger charge is -2.26. The molecule has 2 saturated carbocycles. The van der Waals surface area contributed by atoms with Crippen LogP contribution in [0.5, 0.6) is 0 Å². The third-order valence-corrected chi connectivity index (χ3v) is 4.11. The first-order valence-electron chi connectivity index (χ1n) is 6.34. The molecule has 0 aliphatic heterocycles. The summed E-state index contributed by atoms with van der Waals surface area (Å²) in [6.45, 7) is 5.63. The van der Waals surface area contributed by atoms with Gasteiger partial charge in [-0.1, -0.05) is 0 Å². The second-order valence-corrected chi connectivity index (χ2v) is 6.12. The summed E-state index contributed by atoms with van der Waals surface area (Å²) in [5.41, 5.74) is 0.702. The molecule has 88 valence electrons. The Labute approximate surface area is 93.8 Å². The first-order chi connectivity index (χ1) is 7.05. The quantitative estimate of drug-likeness (QED) is 0.699. The van der Waals surface area contributed by atoms with Crippen LogP contribution in [0.15, 0.2) is 0 Å². The van der Waals surface area contributed by atoms with Gasteiger partial charge >= 0.3 is 0 Å². The minimum absolute atomic E-state index is 0.0647. The van der Waals surface area contributed by atoms with Gasteiger partial charge < -0.3 is 10.1 Å². The predicted octanol–water partition coefficient (Wildman–Crippen LogP) is 2.72. The Balaban J connectivity index is 1.68. The molecule has 0 spiro atoms. The van der Waals surface area contributed by atoms with Gasteiger partial charge in [-0.15, -0.1) is 0 Å². The molecule has 0 unspecified atom stereocenters. The van der Waals surface area contributed by atoms with Crippen LogP contribution < -0.4 is 5.32 Å². The van der Waals surface area contributed by atoms with E-state index in [0.29, 0.717) is 5.41 Å². The van der Waals surface area contributed by atoms with Gasteiger partial charge in [0.05, 0.1) is 5.60 Å². The molecule has 2 aliphatic rings. The molecule has 2 heteroatoms. The van der Waals surface area contributed by atoms with Crippen LogP contribution in [0.2, 0.25) is 0 Å². The molecule has 0 aromatic heterocycles. The van der Waals surface area contributed by atoms with Crippen molar-refractivity contribution in [3.8, 4) is 0 Å². The van der Waals surface area contributed by atoms with E-state index in [-0.39, 0.29) is 5.60 Å². The molecule has 0 amide bonds. The van der Waals surface area contributed by atoms with E-state index in [1.807, 2.05) is 7.11 Å². The average Bonchev–Trinajstić information content (AvgIpc) is 3.08. The molecule has 2 aliphatic carbocycles. The minimum Gasteiger partial charge on any atom is -0.379 e. The van der Waals surface area contributed by atoms with Gasteiger partial charge in [0.2, 0.25) is 0 Å². The molecule has 2 nitrogen and oxygen atoms in total. The maximum absolute atomic E-state index is 5.48. The van der Waals surface area contributed by atoms with E-state index in [4.69, 9.17) is 4.74 Å². The number of rotatable bonds is 7. The highest BCUT2D eigenvalue weighted by Gasteiger charge is 2.43. The highest BCUT2D eigenvalue weighted by molar-refractivity contribution is 4.97. The van der Waals surface area contributed by atoms with Crippen LogP contribution in [0.25, 0.3) is 0 Å². The second-order valence-electron chi connectivity index (χ2n) is 6.12. The third kappa shape index (κ3) is 3.46. The van der Waals surface area contributed by atoms with Crippen molar-refractivity contribution in [1.29, 1.82) is 0 Å². The van der Waals surface area contributed by atoms with Crippen molar-refractivity contribution in [1.82, 2.24) is 5.32 Å². The molecule has 0 atom stereocenters. The molecule has 0 radical (unpaired) electrons. The fraction of sp³-hybridized carbons (Fsp3) is 1.00. The summed E-state index contributed by atoms with van der Waals surface area (Å²) in [6, 6.07) is 0.859. The summed E-state index contributed by atoms with van der Waals surface area (Å²) in [5.74, 6) is 0. The van der Waals surface area contributed by atoms with Crippen molar-refractivity contribution in [2.24, 2.45) is 5.41 Å². The van der Waals surface area contributed by atoms with Gasteiger partial charge in [0, 0.05) is 19.7 Å². The summed E-state index contributed by atoms with van der Waals surface area (Å²) in [6.07, 6.45) is 8.17. The maximum atomic E-state index is 5.48. The van der Waals surface area contributed by atoms with Crippen molar-refractivity contribution < 1.29 is 4.74 Å². The first kappa shape index (κ1) is 11.4. The smallest absolute Gasteiger partial charge is 0.0623 e. The molecule has 0 aromatic carbocycles. The standard InChI is InChI=1S/C13H25NO/c1-12(2,15-3)6-7-13(8-9-13)10-14-11-4-5-11/h11,14H,4-10H2,1-3H3. The Kier molecular flexibility index (Phi) is 3.09. The van der Waals surface area contributed by atoms with E-state index >= 15 is 0 Å². The van der Waals surface area contributed by atoms with Gasteiger partial charge in [0.15, 0.2) is 0 Å². The molecule has 1 N–H and O–H groups in total. The number of methoxy groups -OCH3 is 1. The van der Waals surface area contributed by atoms with Crippen LogP contribution >= 0.6 is 0 Å². The van der Waals surface area contributed by atoms with Crippen molar-refractivity contribution in [3.63, 3.8) is 0 Å². The van der Waals surface area contributed by atoms with E-state index in [1.165, 1.54) is 45.1 Å². The predicted molar refractivity (Wildman–Crippen MR) is 63.0 cm³/mol. The molecule has 0 aromatic rings. The topological polar surface area (TPSA) is 21.3 Å². The highest BCUT2D eigenvalue weighted by Crippen LogP contribution is 2.50. The van der Waals surface area contributed by atoms with Gasteiger partial charge in [0.25, 0.3) is 0 Å². The van der Waals surface area contributed by atoms with Crippen LogP contribution in [-0.4, -0.2) is 25.3 Å². The number of hydrogen-bond acceptors (Lipinski definition) is 2. The van der Waals surface area contributed by atoms with Crippen molar-refractivity contribution >= 4 is 0 Å². The first-order valence-corrected chi connectivity index (χ1v) is 6.34. The van der Waals surface area contributed by atoms with Gasteiger partial charge in [-0.3, -0.25) is 0 Å². The van der Waals surface area contributed by atoms with E-state index in [9.17, 15) is 0 Å². The summed E-state index contributed by atoms with van der Waals surface area (Å²) in [4.78, 5) is 0. The average molecular weight is 211 g/mol. The Morgan fingerprint density at radius 3 is 2.47 bits per heavy atom. The van der Waals surface area contributed by atoms with Crippen LogP contribution in [0.1, 0.15) is 52.4 Å². The molecule has 0 heterocycles. The molecule has 0 bridgehead atoms. The Bertz CT molecular complexity index is 217. The number of hydrogen-bond donors (Lipinski definition) is 1. The number of nitrogens with one attached hydrogen (secondary N) is 1. The van der Waals surface area contributed by atoms with Crippen LogP contribution in [0.4, 0.5) is 0 Å². The Hall–Kier alpha value is -0.0800. The second kappa shape index (κ2) is 4.06. The maximum Gasteiger partial charge on any atom is 0.0623 e. The van der Waals surface area contributed by atoms with Gasteiger partial charge in [-0.05, 0) is 57.8 Å². The largest absolute Gasteiger partial charge is 0.379 e. The summed E-state index contributed by atoms with van der Waals surface area (Å²) in [7, 11) is 1.82. The fourth-order valence-electron chi connectivity index (χ4n) is 2.01. The zero-order chi connectivity index (χ0) is 10.9. The van der Waals surface area contributed by atoms with Gasteiger partial charge in [-0.25, -0.2) is 0 Å². The molecule has 15 heavy (non-hydrogen) atoms. The highest BCUT2D eigenvalue weighted by atomic mass is 16.5. The minimum atomic E-state index is 0.0647. The van der Waals surface area contributed by atoms with Crippen LogP contribution in [0, 0.1) is 5.41 Å². The summed E-state index contributed by atoms with van der Waals surface area (Å²) >= 11 is 0. The zero-order valence-corrected chi connectivity index (χ0v) is 10.4. The van der Waals surface area contributed by atoms with E-state index < -0.39 is 0 Å². The van der Waals surface area contributed by atoms with Crippen LogP contribution in [-0.2, 0) is 4.74 Å². The molecular formula is C13H25NO. The van der Waals surface area contributed by atoms with E-state index in [1.54, 1.807) is 0 Å². The SMILES string of the molecule is COC(C)(C)CCC1(CNC2CC2)CC1. The van der Waals surface area contributed by atoms with Crippen molar-refractivity contribution in [3.05, 3.63) is 0 Å². The lowest BCUT2D eigenvalue weighted by atomic mass is 9.92. The number of ether oxygens (including phenoxy) is 1. The Morgan fingerprint density at radius 1 is 1.33 bits per heavy atom. The van der Waals surface area contributed by atoms with Gasteiger partial charge in [-0.2, -0.15) is 0 Å². The molecular weight excluding hydrogens is 186 g/mol.